The van der Waals surface area contributed by atoms with E-state index in [1.165, 1.54) is 37.7 Å². The highest BCUT2D eigenvalue weighted by molar-refractivity contribution is 5.06. The van der Waals surface area contributed by atoms with E-state index < -0.39 is 0 Å². The quantitative estimate of drug-likeness (QED) is 0.650. The Balaban J connectivity index is 2.61. The molecule has 0 aliphatic heterocycles. The van der Waals surface area contributed by atoms with Gasteiger partial charge in [-0.2, -0.15) is 0 Å². The molecule has 1 nitrogen and oxygen atoms in total. The fourth-order valence-corrected chi connectivity index (χ4v) is 2.25. The molecule has 1 atom stereocenters. The lowest BCUT2D eigenvalue weighted by Gasteiger charge is -2.37. The molecule has 0 bridgehead atoms. The molecule has 0 aromatic carbocycles. The molecular weight excluding hydrogens is 158 g/mol. The predicted octanol–water partition coefficient (Wildman–Crippen LogP) is 3.25. The first kappa shape index (κ1) is 10.8. The molecule has 0 aromatic heterocycles. The monoisotopic (exact) mass is 181 g/mol. The summed E-state index contributed by atoms with van der Waals surface area (Å²) in [5.74, 6) is 0. The fourth-order valence-electron chi connectivity index (χ4n) is 2.25. The van der Waals surface area contributed by atoms with E-state index in [0.717, 1.165) is 0 Å². The first-order valence-corrected chi connectivity index (χ1v) is 5.45. The van der Waals surface area contributed by atoms with E-state index in [4.69, 9.17) is 5.73 Å². The van der Waals surface area contributed by atoms with E-state index in [9.17, 15) is 0 Å². The largest absolute Gasteiger partial charge is 0.324 e. The molecule has 1 fully saturated rings. The first-order chi connectivity index (χ1) is 6.04. The lowest BCUT2D eigenvalue weighted by molar-refractivity contribution is 0.192. The van der Waals surface area contributed by atoms with Crippen LogP contribution in [0.3, 0.4) is 0 Å². The van der Waals surface area contributed by atoms with E-state index in [-0.39, 0.29) is 6.04 Å². The Morgan fingerprint density at radius 2 is 1.77 bits per heavy atom. The van der Waals surface area contributed by atoms with Crippen LogP contribution in [0.4, 0.5) is 0 Å². The van der Waals surface area contributed by atoms with Crippen molar-refractivity contribution in [3.05, 3.63) is 11.6 Å². The smallest absolute Gasteiger partial charge is 0.0280 e. The second kappa shape index (κ2) is 4.28. The van der Waals surface area contributed by atoms with Gasteiger partial charge >= 0.3 is 0 Å². The second-order valence-electron chi connectivity index (χ2n) is 4.98. The minimum Gasteiger partial charge on any atom is -0.324 e. The van der Waals surface area contributed by atoms with Gasteiger partial charge in [-0.25, -0.2) is 0 Å². The summed E-state index contributed by atoms with van der Waals surface area (Å²) < 4.78 is 0. The van der Waals surface area contributed by atoms with Crippen LogP contribution in [0.1, 0.15) is 52.9 Å². The van der Waals surface area contributed by atoms with E-state index in [0.29, 0.717) is 5.41 Å². The van der Waals surface area contributed by atoms with Gasteiger partial charge in [0.2, 0.25) is 0 Å². The van der Waals surface area contributed by atoms with E-state index in [2.05, 4.69) is 26.8 Å². The van der Waals surface area contributed by atoms with Gasteiger partial charge in [0, 0.05) is 6.04 Å². The summed E-state index contributed by atoms with van der Waals surface area (Å²) >= 11 is 0. The maximum atomic E-state index is 6.21. The molecule has 1 aliphatic carbocycles. The Labute approximate surface area is 82.4 Å². The van der Waals surface area contributed by atoms with Crippen molar-refractivity contribution in [1.29, 1.82) is 0 Å². The van der Waals surface area contributed by atoms with Gasteiger partial charge in [0.1, 0.15) is 0 Å². The molecule has 1 saturated carbocycles. The highest BCUT2D eigenvalue weighted by atomic mass is 14.7. The van der Waals surface area contributed by atoms with E-state index >= 15 is 0 Å². The Morgan fingerprint density at radius 1 is 1.23 bits per heavy atom. The topological polar surface area (TPSA) is 26.0 Å². The van der Waals surface area contributed by atoms with Crippen LogP contribution in [0.15, 0.2) is 11.6 Å². The number of hydrogen-bond donors (Lipinski definition) is 1. The average Bonchev–Trinajstić information content (AvgIpc) is 2.04. The minimum absolute atomic E-state index is 0.262. The molecule has 1 heteroatoms. The molecule has 0 amide bonds. The Kier molecular flexibility index (Phi) is 3.55. The minimum atomic E-state index is 0.262. The summed E-state index contributed by atoms with van der Waals surface area (Å²) in [5, 5.41) is 0. The van der Waals surface area contributed by atoms with Crippen LogP contribution in [0.25, 0.3) is 0 Å². The molecule has 0 spiro atoms. The average molecular weight is 181 g/mol. The van der Waals surface area contributed by atoms with Crippen LogP contribution >= 0.6 is 0 Å². The zero-order valence-electron chi connectivity index (χ0n) is 9.27. The molecule has 13 heavy (non-hydrogen) atoms. The fraction of sp³-hybridized carbons (Fsp3) is 0.833. The van der Waals surface area contributed by atoms with E-state index in [1.54, 1.807) is 0 Å². The van der Waals surface area contributed by atoms with E-state index in [1.807, 2.05) is 0 Å². The Hall–Kier alpha value is -0.300. The Morgan fingerprint density at radius 3 is 2.23 bits per heavy atom. The second-order valence-corrected chi connectivity index (χ2v) is 4.98. The highest BCUT2D eigenvalue weighted by Gasteiger charge is 2.31. The summed E-state index contributed by atoms with van der Waals surface area (Å²) in [5.41, 5.74) is 7.92. The number of allylic oxidation sites excluding steroid dienone is 1. The van der Waals surface area contributed by atoms with Crippen LogP contribution in [-0.4, -0.2) is 6.04 Å². The maximum absolute atomic E-state index is 6.21. The van der Waals surface area contributed by atoms with Crippen molar-refractivity contribution in [3.8, 4) is 0 Å². The van der Waals surface area contributed by atoms with Crippen molar-refractivity contribution < 1.29 is 0 Å². The number of rotatable bonds is 2. The SMILES string of the molecule is CC(C)=CC(N)C1(C)CCCCC1. The molecule has 1 rings (SSSR count). The summed E-state index contributed by atoms with van der Waals surface area (Å²) in [4.78, 5) is 0. The number of hydrogen-bond acceptors (Lipinski definition) is 1. The van der Waals surface area contributed by atoms with Crippen LogP contribution < -0.4 is 5.73 Å². The zero-order valence-corrected chi connectivity index (χ0v) is 9.27. The zero-order chi connectivity index (χ0) is 9.90. The molecule has 0 aromatic rings. The number of nitrogens with two attached hydrogens (primary N) is 1. The van der Waals surface area contributed by atoms with Gasteiger partial charge in [0.05, 0.1) is 0 Å². The first-order valence-electron chi connectivity index (χ1n) is 5.45. The molecule has 76 valence electrons. The van der Waals surface area contributed by atoms with Gasteiger partial charge in [0.15, 0.2) is 0 Å². The summed E-state index contributed by atoms with van der Waals surface area (Å²) in [6, 6.07) is 0.262. The molecule has 1 aliphatic rings. The maximum Gasteiger partial charge on any atom is 0.0280 e. The molecule has 1 unspecified atom stereocenters. The molecule has 0 radical (unpaired) electrons. The predicted molar refractivity (Wildman–Crippen MR) is 58.6 cm³/mol. The summed E-state index contributed by atoms with van der Waals surface area (Å²) in [6.45, 7) is 6.61. The van der Waals surface area contributed by atoms with Gasteiger partial charge < -0.3 is 5.73 Å². The summed E-state index contributed by atoms with van der Waals surface area (Å²) in [7, 11) is 0. The van der Waals surface area contributed by atoms with Gasteiger partial charge in [-0.1, -0.05) is 37.8 Å². The van der Waals surface area contributed by atoms with Crippen LogP contribution in [-0.2, 0) is 0 Å². The lowest BCUT2D eigenvalue weighted by atomic mass is 9.70. The van der Waals surface area contributed by atoms with Gasteiger partial charge in [0.25, 0.3) is 0 Å². The molecule has 0 heterocycles. The van der Waals surface area contributed by atoms with Crippen molar-refractivity contribution in [2.24, 2.45) is 11.1 Å². The third-order valence-corrected chi connectivity index (χ3v) is 3.31. The standard InChI is InChI=1S/C12H23N/c1-10(2)9-11(13)12(3)7-5-4-6-8-12/h9,11H,4-8,13H2,1-3H3. The van der Waals surface area contributed by atoms with Gasteiger partial charge in [-0.3, -0.25) is 0 Å². The summed E-state index contributed by atoms with van der Waals surface area (Å²) in [6.07, 6.45) is 8.96. The van der Waals surface area contributed by atoms with Crippen molar-refractivity contribution in [2.45, 2.75) is 58.9 Å². The van der Waals surface area contributed by atoms with Gasteiger partial charge in [-0.15, -0.1) is 0 Å². The normalized spacial score (nSPS) is 23.7. The van der Waals surface area contributed by atoms with Crippen molar-refractivity contribution in [3.63, 3.8) is 0 Å². The van der Waals surface area contributed by atoms with Crippen LogP contribution in [0.2, 0.25) is 0 Å². The molecule has 2 N–H and O–H groups in total. The third-order valence-electron chi connectivity index (χ3n) is 3.31. The van der Waals surface area contributed by atoms with Crippen LogP contribution in [0.5, 0.6) is 0 Å². The van der Waals surface area contributed by atoms with Gasteiger partial charge in [-0.05, 0) is 32.1 Å². The molecule has 0 saturated heterocycles. The highest BCUT2D eigenvalue weighted by Crippen LogP contribution is 2.38. The van der Waals surface area contributed by atoms with Crippen molar-refractivity contribution >= 4 is 0 Å². The Bertz CT molecular complexity index is 183. The van der Waals surface area contributed by atoms with Crippen molar-refractivity contribution in [1.82, 2.24) is 0 Å². The molecular formula is C12H23N. The van der Waals surface area contributed by atoms with Crippen molar-refractivity contribution in [2.75, 3.05) is 0 Å². The third kappa shape index (κ3) is 2.84. The lowest BCUT2D eigenvalue weighted by Crippen LogP contribution is -2.39. The van der Waals surface area contributed by atoms with Crippen LogP contribution in [0, 0.1) is 5.41 Å².